The Morgan fingerprint density at radius 3 is 2.45 bits per heavy atom. The second-order valence-electron chi connectivity index (χ2n) is 8.36. The molecule has 1 fully saturated rings. The lowest BCUT2D eigenvalue weighted by atomic mass is 9.87. The van der Waals surface area contributed by atoms with Gasteiger partial charge in [-0.1, -0.05) is 68.4 Å². The van der Waals surface area contributed by atoms with Crippen molar-refractivity contribution in [3.8, 4) is 5.75 Å². The monoisotopic (exact) mass is 417 g/mol. The van der Waals surface area contributed by atoms with Crippen LogP contribution < -0.4 is 10.1 Å². The van der Waals surface area contributed by atoms with Crippen LogP contribution in [0.2, 0.25) is 0 Å². The summed E-state index contributed by atoms with van der Waals surface area (Å²) < 4.78 is 11.4. The summed E-state index contributed by atoms with van der Waals surface area (Å²) in [5.74, 6) is 0.692. The molecule has 0 radical (unpaired) electrons. The number of hydrogen-bond donors (Lipinski definition) is 1. The normalized spacial score (nSPS) is 14.7. The number of benzene rings is 3. The maximum absolute atomic E-state index is 13.1. The minimum absolute atomic E-state index is 0.308. The molecule has 0 aromatic heterocycles. The predicted octanol–water partition coefficient (Wildman–Crippen LogP) is 5.33. The predicted molar refractivity (Wildman–Crippen MR) is 120 cm³/mol. The molecule has 0 heterocycles. The Kier molecular flexibility index (Phi) is 5.94. The third-order valence-corrected chi connectivity index (χ3v) is 5.93. The van der Waals surface area contributed by atoms with Crippen molar-refractivity contribution in [1.82, 2.24) is 5.32 Å². The summed E-state index contributed by atoms with van der Waals surface area (Å²) in [4.78, 5) is 24.0. The van der Waals surface area contributed by atoms with Crippen LogP contribution in [0.4, 0.5) is 0 Å². The minimum Gasteiger partial charge on any atom is -0.487 e. The lowest BCUT2D eigenvalue weighted by Gasteiger charge is -2.40. The zero-order valence-electron chi connectivity index (χ0n) is 17.9. The van der Waals surface area contributed by atoms with Crippen molar-refractivity contribution in [3.63, 3.8) is 0 Å². The molecular formula is C26H27NO4. The van der Waals surface area contributed by atoms with Crippen LogP contribution in [0.5, 0.6) is 5.75 Å². The molecule has 4 rings (SSSR count). The van der Waals surface area contributed by atoms with Gasteiger partial charge in [0.1, 0.15) is 12.4 Å². The molecule has 1 aliphatic carbocycles. The Balaban J connectivity index is 1.62. The van der Waals surface area contributed by atoms with Gasteiger partial charge in [-0.15, -0.1) is 0 Å². The molecule has 1 aliphatic rings. The molecule has 0 bridgehead atoms. The van der Waals surface area contributed by atoms with Crippen molar-refractivity contribution in [3.05, 3.63) is 77.4 Å². The fourth-order valence-electron chi connectivity index (χ4n) is 3.87. The van der Waals surface area contributed by atoms with Gasteiger partial charge in [-0.05, 0) is 34.9 Å². The summed E-state index contributed by atoms with van der Waals surface area (Å²) in [5.41, 5.74) is 1.82. The summed E-state index contributed by atoms with van der Waals surface area (Å²) >= 11 is 0. The van der Waals surface area contributed by atoms with E-state index in [0.29, 0.717) is 43.2 Å². The average molecular weight is 418 g/mol. The van der Waals surface area contributed by atoms with E-state index < -0.39 is 5.72 Å². The first-order chi connectivity index (χ1) is 15.0. The van der Waals surface area contributed by atoms with Crippen molar-refractivity contribution in [2.45, 2.75) is 51.4 Å². The lowest BCUT2D eigenvalue weighted by Crippen LogP contribution is -2.55. The maximum Gasteiger partial charge on any atom is 0.295 e. The van der Waals surface area contributed by atoms with E-state index in [1.807, 2.05) is 30.3 Å². The Morgan fingerprint density at radius 1 is 1.06 bits per heavy atom. The molecule has 31 heavy (non-hydrogen) atoms. The first-order valence-corrected chi connectivity index (χ1v) is 10.7. The fourth-order valence-corrected chi connectivity index (χ4v) is 3.87. The van der Waals surface area contributed by atoms with E-state index in [4.69, 9.17) is 9.47 Å². The summed E-state index contributed by atoms with van der Waals surface area (Å²) in [7, 11) is 0. The number of carbonyl (C=O) groups is 2. The molecule has 0 aliphatic heterocycles. The summed E-state index contributed by atoms with van der Waals surface area (Å²) in [6, 6.07) is 19.8. The number of carbonyl (C=O) groups excluding carboxylic acids is 2. The van der Waals surface area contributed by atoms with Crippen molar-refractivity contribution < 1.29 is 19.1 Å². The zero-order valence-corrected chi connectivity index (χ0v) is 17.9. The molecule has 0 spiro atoms. The Bertz CT molecular complexity index is 1080. The van der Waals surface area contributed by atoms with Gasteiger partial charge in [-0.2, -0.15) is 0 Å². The third-order valence-electron chi connectivity index (χ3n) is 5.93. The van der Waals surface area contributed by atoms with E-state index in [1.54, 1.807) is 6.07 Å². The summed E-state index contributed by atoms with van der Waals surface area (Å²) in [6.07, 6.45) is 2.13. The summed E-state index contributed by atoms with van der Waals surface area (Å²) in [6.45, 7) is 5.08. The van der Waals surface area contributed by atoms with Crippen molar-refractivity contribution >= 4 is 23.2 Å². The topological polar surface area (TPSA) is 64.6 Å². The van der Waals surface area contributed by atoms with Gasteiger partial charge in [0, 0.05) is 18.2 Å². The van der Waals surface area contributed by atoms with Gasteiger partial charge in [0.25, 0.3) is 12.4 Å². The molecule has 1 amide bonds. The molecule has 1 saturated carbocycles. The Labute approximate surface area is 182 Å². The maximum atomic E-state index is 13.1. The molecule has 0 unspecified atom stereocenters. The van der Waals surface area contributed by atoms with E-state index in [9.17, 15) is 9.59 Å². The minimum atomic E-state index is -0.908. The van der Waals surface area contributed by atoms with Gasteiger partial charge in [0.15, 0.2) is 5.72 Å². The second kappa shape index (κ2) is 8.80. The van der Waals surface area contributed by atoms with Crippen LogP contribution in [-0.4, -0.2) is 18.1 Å². The smallest absolute Gasteiger partial charge is 0.295 e. The number of hydrogen-bond acceptors (Lipinski definition) is 4. The highest BCUT2D eigenvalue weighted by molar-refractivity contribution is 6.04. The molecule has 160 valence electrons. The highest BCUT2D eigenvalue weighted by Crippen LogP contribution is 2.35. The number of rotatable bonds is 8. The van der Waals surface area contributed by atoms with Gasteiger partial charge in [0.2, 0.25) is 0 Å². The van der Waals surface area contributed by atoms with Crippen LogP contribution in [0, 0.1) is 0 Å². The Hall–Kier alpha value is -3.34. The second-order valence-corrected chi connectivity index (χ2v) is 8.36. The van der Waals surface area contributed by atoms with E-state index >= 15 is 0 Å². The van der Waals surface area contributed by atoms with Gasteiger partial charge in [-0.3, -0.25) is 9.59 Å². The fraction of sp³-hybridized carbons (Fsp3) is 0.308. The van der Waals surface area contributed by atoms with Gasteiger partial charge in [0.05, 0.1) is 5.56 Å². The quantitative estimate of drug-likeness (QED) is 0.398. The number of ether oxygens (including phenoxy) is 2. The van der Waals surface area contributed by atoms with Crippen LogP contribution in [-0.2, 0) is 16.1 Å². The highest BCUT2D eigenvalue weighted by atomic mass is 16.6. The van der Waals surface area contributed by atoms with Gasteiger partial charge < -0.3 is 14.8 Å². The Morgan fingerprint density at radius 2 is 1.81 bits per heavy atom. The molecule has 5 nitrogen and oxygen atoms in total. The number of nitrogens with one attached hydrogen (secondary N) is 1. The lowest BCUT2D eigenvalue weighted by molar-refractivity contribution is -0.156. The van der Waals surface area contributed by atoms with Gasteiger partial charge in [-0.25, -0.2) is 0 Å². The largest absolute Gasteiger partial charge is 0.487 e. The van der Waals surface area contributed by atoms with E-state index in [1.165, 1.54) is 5.56 Å². The van der Waals surface area contributed by atoms with Crippen LogP contribution in [0.1, 0.15) is 60.5 Å². The number of amides is 1. The van der Waals surface area contributed by atoms with Crippen molar-refractivity contribution in [2.75, 3.05) is 0 Å². The van der Waals surface area contributed by atoms with Crippen LogP contribution in [0.25, 0.3) is 10.8 Å². The highest BCUT2D eigenvalue weighted by Gasteiger charge is 2.41. The zero-order chi connectivity index (χ0) is 21.8. The van der Waals surface area contributed by atoms with Crippen molar-refractivity contribution in [1.29, 1.82) is 0 Å². The molecule has 0 atom stereocenters. The molecule has 3 aromatic rings. The van der Waals surface area contributed by atoms with Crippen LogP contribution in [0.15, 0.2) is 60.7 Å². The van der Waals surface area contributed by atoms with Gasteiger partial charge >= 0.3 is 0 Å². The SMILES string of the molecule is CC(C)c1ccc(COc2c(C(=O)NC3(OC=O)CCC3)ccc3ccccc23)cc1. The first kappa shape index (κ1) is 20.9. The van der Waals surface area contributed by atoms with Crippen LogP contribution >= 0.6 is 0 Å². The van der Waals surface area contributed by atoms with Crippen molar-refractivity contribution in [2.24, 2.45) is 0 Å². The molecule has 0 saturated heterocycles. The third kappa shape index (κ3) is 4.41. The van der Waals surface area contributed by atoms with Crippen LogP contribution in [0.3, 0.4) is 0 Å². The molecular weight excluding hydrogens is 390 g/mol. The average Bonchev–Trinajstić information content (AvgIpc) is 2.76. The number of fused-ring (bicyclic) bond motifs is 1. The first-order valence-electron chi connectivity index (χ1n) is 10.7. The van der Waals surface area contributed by atoms with E-state index in [-0.39, 0.29) is 5.91 Å². The van der Waals surface area contributed by atoms with E-state index in [0.717, 1.165) is 22.8 Å². The molecule has 5 heteroatoms. The van der Waals surface area contributed by atoms with E-state index in [2.05, 4.69) is 43.4 Å². The summed E-state index contributed by atoms with van der Waals surface area (Å²) in [5, 5.41) is 4.76. The molecule has 3 aromatic carbocycles. The standard InChI is InChI=1S/C26H27NO4/c1-18(2)20-10-8-19(9-11-20)16-30-24-22-7-4-3-6-21(22)12-13-23(24)25(29)27-26(31-17-28)14-5-15-26/h3-4,6-13,17-18H,5,14-16H2,1-2H3,(H,27,29). The molecule has 1 N–H and O–H groups in total.